The number of Topliss-reactive ketones (excluding diaryl/α,β-unsaturated/α-hetero) is 1. The predicted octanol–water partition coefficient (Wildman–Crippen LogP) is 4.27. The molecule has 0 spiro atoms. The quantitative estimate of drug-likeness (QED) is 0.325. The summed E-state index contributed by atoms with van der Waals surface area (Å²) in [4.78, 5) is 29.3. The Morgan fingerprint density at radius 1 is 1.23 bits per heavy atom. The van der Waals surface area contributed by atoms with Crippen LogP contribution in [-0.4, -0.2) is 35.0 Å². The average Bonchev–Trinajstić information content (AvgIpc) is 3.46. The number of hydrogen-bond acceptors (Lipinski definition) is 7. The van der Waals surface area contributed by atoms with Gasteiger partial charge in [0.1, 0.15) is 11.3 Å². The minimum absolute atomic E-state index is 0.0186. The number of aryl methyl sites for hydroxylation is 1. The zero-order valence-electron chi connectivity index (χ0n) is 16.8. The van der Waals surface area contributed by atoms with Crippen LogP contribution in [0.25, 0.3) is 16.1 Å². The number of esters is 1. The smallest absolute Gasteiger partial charge is 0.310 e. The Hall–Kier alpha value is -3.39. The van der Waals surface area contributed by atoms with Crippen LogP contribution < -0.4 is 4.74 Å². The van der Waals surface area contributed by atoms with Crippen LogP contribution in [0.5, 0.6) is 5.75 Å². The number of aromatic nitrogens is 2. The van der Waals surface area contributed by atoms with Crippen LogP contribution in [0, 0.1) is 13.8 Å². The summed E-state index contributed by atoms with van der Waals surface area (Å²) in [5.74, 6) is -0.0661. The number of rotatable bonds is 7. The second-order valence-electron chi connectivity index (χ2n) is 6.82. The Balaban J connectivity index is 1.42. The zero-order valence-corrected chi connectivity index (χ0v) is 17.6. The van der Waals surface area contributed by atoms with E-state index in [0.29, 0.717) is 22.5 Å². The van der Waals surface area contributed by atoms with Gasteiger partial charge in [-0.15, -0.1) is 11.3 Å². The van der Waals surface area contributed by atoms with Gasteiger partial charge in [0.05, 0.1) is 19.8 Å². The van der Waals surface area contributed by atoms with E-state index in [2.05, 4.69) is 4.98 Å². The molecule has 7 nitrogen and oxygen atoms in total. The monoisotopic (exact) mass is 424 g/mol. The van der Waals surface area contributed by atoms with Crippen molar-refractivity contribution in [3.8, 4) is 10.9 Å². The maximum atomic E-state index is 12.7. The molecule has 1 aromatic carbocycles. The van der Waals surface area contributed by atoms with Gasteiger partial charge >= 0.3 is 5.97 Å². The summed E-state index contributed by atoms with van der Waals surface area (Å²) in [6.07, 6.45) is 3.26. The van der Waals surface area contributed by atoms with E-state index in [-0.39, 0.29) is 18.8 Å². The fourth-order valence-electron chi connectivity index (χ4n) is 3.42. The molecule has 8 heteroatoms. The van der Waals surface area contributed by atoms with Crippen LogP contribution in [-0.2, 0) is 16.0 Å². The highest BCUT2D eigenvalue weighted by Gasteiger charge is 2.20. The van der Waals surface area contributed by atoms with Crippen molar-refractivity contribution in [3.05, 3.63) is 64.6 Å². The first-order valence-corrected chi connectivity index (χ1v) is 10.2. The molecule has 154 valence electrons. The molecule has 4 rings (SSSR count). The first-order valence-electron chi connectivity index (χ1n) is 9.29. The average molecular weight is 424 g/mol. The third-order valence-electron chi connectivity index (χ3n) is 4.90. The summed E-state index contributed by atoms with van der Waals surface area (Å²) in [5.41, 5.74) is 3.53. The number of ketones is 1. The van der Waals surface area contributed by atoms with Gasteiger partial charge in [-0.1, -0.05) is 0 Å². The molecule has 0 fully saturated rings. The lowest BCUT2D eigenvalue weighted by Crippen LogP contribution is -2.16. The Bertz CT molecular complexity index is 1220. The molecule has 0 aliphatic carbocycles. The first-order chi connectivity index (χ1) is 14.5. The topological polar surface area (TPSA) is 83.6 Å². The Labute approximate surface area is 176 Å². The molecule has 4 aromatic rings. The van der Waals surface area contributed by atoms with E-state index in [1.165, 1.54) is 17.6 Å². The number of hydrogen-bond donors (Lipinski definition) is 0. The van der Waals surface area contributed by atoms with Crippen LogP contribution in [0.15, 0.2) is 46.5 Å². The standard InChI is InChI=1S/C22H20N2O5S/c1-13-8-18(14(2)24(13)22-23-6-7-30-22)19(25)12-29-21(26)9-15-11-28-20-10-16(27-3)4-5-17(15)20/h4-8,10-11H,9,12H2,1-3H3. The molecular weight excluding hydrogens is 404 g/mol. The number of methoxy groups -OCH3 is 1. The zero-order chi connectivity index (χ0) is 21.3. The summed E-state index contributed by atoms with van der Waals surface area (Å²) in [7, 11) is 1.58. The van der Waals surface area contributed by atoms with Crippen molar-refractivity contribution in [1.29, 1.82) is 0 Å². The maximum absolute atomic E-state index is 12.7. The maximum Gasteiger partial charge on any atom is 0.310 e. The molecular formula is C22H20N2O5S. The van der Waals surface area contributed by atoms with Crippen molar-refractivity contribution in [1.82, 2.24) is 9.55 Å². The molecule has 0 amide bonds. The van der Waals surface area contributed by atoms with E-state index in [9.17, 15) is 9.59 Å². The van der Waals surface area contributed by atoms with E-state index in [0.717, 1.165) is 21.9 Å². The van der Waals surface area contributed by atoms with Gasteiger partial charge < -0.3 is 13.9 Å². The van der Waals surface area contributed by atoms with Gasteiger partial charge in [-0.3, -0.25) is 14.2 Å². The molecule has 30 heavy (non-hydrogen) atoms. The molecule has 0 radical (unpaired) electrons. The fraction of sp³-hybridized carbons (Fsp3) is 0.227. The van der Waals surface area contributed by atoms with Gasteiger partial charge in [0.25, 0.3) is 0 Å². The lowest BCUT2D eigenvalue weighted by molar-refractivity contribution is -0.141. The third-order valence-corrected chi connectivity index (χ3v) is 5.66. The van der Waals surface area contributed by atoms with Gasteiger partial charge in [-0.25, -0.2) is 4.98 Å². The highest BCUT2D eigenvalue weighted by atomic mass is 32.1. The van der Waals surface area contributed by atoms with Gasteiger partial charge in [0, 0.05) is 45.5 Å². The van der Waals surface area contributed by atoms with Gasteiger partial charge in [-0.05, 0) is 32.0 Å². The minimum Gasteiger partial charge on any atom is -0.497 e. The molecule has 0 aliphatic rings. The van der Waals surface area contributed by atoms with Crippen LogP contribution in [0.3, 0.4) is 0 Å². The van der Waals surface area contributed by atoms with Crippen LogP contribution in [0.4, 0.5) is 0 Å². The lowest BCUT2D eigenvalue weighted by Gasteiger charge is -2.06. The molecule has 0 bridgehead atoms. The van der Waals surface area contributed by atoms with Crippen LogP contribution in [0.2, 0.25) is 0 Å². The Kier molecular flexibility index (Phi) is 5.41. The highest BCUT2D eigenvalue weighted by molar-refractivity contribution is 7.12. The SMILES string of the molecule is COc1ccc2c(CC(=O)OCC(=O)c3cc(C)n(-c4nccs4)c3C)coc2c1. The van der Waals surface area contributed by atoms with Crippen molar-refractivity contribution in [2.45, 2.75) is 20.3 Å². The normalized spacial score (nSPS) is 11.0. The highest BCUT2D eigenvalue weighted by Crippen LogP contribution is 2.26. The molecule has 3 aromatic heterocycles. The summed E-state index contributed by atoms with van der Waals surface area (Å²) < 4.78 is 17.8. The molecule has 0 saturated heterocycles. The minimum atomic E-state index is -0.490. The molecule has 0 N–H and O–H groups in total. The van der Waals surface area contributed by atoms with Gasteiger partial charge in [0.2, 0.25) is 5.78 Å². The van der Waals surface area contributed by atoms with Crippen LogP contribution in [0.1, 0.15) is 27.3 Å². The summed E-state index contributed by atoms with van der Waals surface area (Å²) >= 11 is 1.49. The fourth-order valence-corrected chi connectivity index (χ4v) is 4.18. The number of benzene rings is 1. The van der Waals surface area contributed by atoms with Crippen molar-refractivity contribution >= 4 is 34.1 Å². The number of carbonyl (C=O) groups is 2. The molecule has 3 heterocycles. The number of thiazole rings is 1. The Morgan fingerprint density at radius 2 is 2.07 bits per heavy atom. The summed E-state index contributed by atoms with van der Waals surface area (Å²) in [5, 5.41) is 3.49. The molecule has 0 aliphatic heterocycles. The van der Waals surface area contributed by atoms with Gasteiger partial charge in [0.15, 0.2) is 11.7 Å². The van der Waals surface area contributed by atoms with Crippen molar-refractivity contribution < 1.29 is 23.5 Å². The lowest BCUT2D eigenvalue weighted by atomic mass is 10.1. The second-order valence-corrected chi connectivity index (χ2v) is 7.69. The van der Waals surface area contributed by atoms with Crippen LogP contribution >= 0.6 is 11.3 Å². The number of nitrogens with zero attached hydrogens (tertiary/aromatic N) is 2. The van der Waals surface area contributed by atoms with E-state index in [1.54, 1.807) is 31.5 Å². The molecule has 0 atom stereocenters. The molecule has 0 unspecified atom stereocenters. The van der Waals surface area contributed by atoms with Crippen molar-refractivity contribution in [3.63, 3.8) is 0 Å². The third kappa shape index (κ3) is 3.73. The second kappa shape index (κ2) is 8.16. The number of carbonyl (C=O) groups excluding carboxylic acids is 2. The van der Waals surface area contributed by atoms with E-state index >= 15 is 0 Å². The Morgan fingerprint density at radius 3 is 2.80 bits per heavy atom. The van der Waals surface area contributed by atoms with Crippen molar-refractivity contribution in [2.24, 2.45) is 0 Å². The number of ether oxygens (including phenoxy) is 2. The predicted molar refractivity (Wildman–Crippen MR) is 113 cm³/mol. The number of fused-ring (bicyclic) bond motifs is 1. The largest absolute Gasteiger partial charge is 0.497 e. The first kappa shape index (κ1) is 19.9. The number of furan rings is 1. The van der Waals surface area contributed by atoms with Crippen molar-refractivity contribution in [2.75, 3.05) is 13.7 Å². The summed E-state index contributed by atoms with van der Waals surface area (Å²) in [6.45, 7) is 3.45. The van der Waals surface area contributed by atoms with E-state index in [1.807, 2.05) is 29.9 Å². The van der Waals surface area contributed by atoms with E-state index < -0.39 is 5.97 Å². The molecule has 0 saturated carbocycles. The van der Waals surface area contributed by atoms with E-state index in [4.69, 9.17) is 13.9 Å². The van der Waals surface area contributed by atoms with Gasteiger partial charge in [-0.2, -0.15) is 0 Å². The summed E-state index contributed by atoms with van der Waals surface area (Å²) in [6, 6.07) is 7.18.